The van der Waals surface area contributed by atoms with E-state index < -0.39 is 12.2 Å². The van der Waals surface area contributed by atoms with E-state index in [0.29, 0.717) is 24.3 Å². The van der Waals surface area contributed by atoms with Crippen LogP contribution in [-0.4, -0.2) is 56.6 Å². The van der Waals surface area contributed by atoms with Crippen LogP contribution in [0.2, 0.25) is 0 Å². The summed E-state index contributed by atoms with van der Waals surface area (Å²) in [6, 6.07) is 7.31. The largest absolute Gasteiger partial charge is 0.507 e. The van der Waals surface area contributed by atoms with Crippen molar-refractivity contribution >= 4 is 11.6 Å². The van der Waals surface area contributed by atoms with Gasteiger partial charge in [0.25, 0.3) is 0 Å². The highest BCUT2D eigenvalue weighted by Crippen LogP contribution is 2.37. The smallest absolute Gasteiger partial charge is 0.220 e. The number of aromatic nitrogens is 2. The molecule has 1 aromatic heterocycles. The molecule has 0 bridgehead atoms. The average Bonchev–Trinajstić information content (AvgIpc) is 3.01. The van der Waals surface area contributed by atoms with Crippen LogP contribution in [0, 0.1) is 0 Å². The normalized spacial score (nSPS) is 27.9. The summed E-state index contributed by atoms with van der Waals surface area (Å²) in [5.74, 6) is 0.566. The minimum atomic E-state index is -0.781. The lowest BCUT2D eigenvalue weighted by atomic mass is 9.84. The topological polar surface area (TPSA) is 142 Å². The first-order chi connectivity index (χ1) is 13.4. The summed E-state index contributed by atoms with van der Waals surface area (Å²) >= 11 is 0. The molecule has 0 radical (unpaired) electrons. The maximum Gasteiger partial charge on any atom is 0.220 e. The molecule has 2 fully saturated rings. The summed E-state index contributed by atoms with van der Waals surface area (Å²) in [6.45, 7) is 0.676. The third-order valence-electron chi connectivity index (χ3n) is 5.83. The van der Waals surface area contributed by atoms with Gasteiger partial charge in [-0.3, -0.25) is 0 Å². The molecule has 150 valence electrons. The van der Waals surface area contributed by atoms with Gasteiger partial charge in [-0.05, 0) is 49.9 Å². The monoisotopic (exact) mass is 385 g/mol. The van der Waals surface area contributed by atoms with Gasteiger partial charge in [-0.25, -0.2) is 9.97 Å². The van der Waals surface area contributed by atoms with E-state index in [1.54, 1.807) is 12.1 Å². The number of rotatable bonds is 3. The van der Waals surface area contributed by atoms with E-state index in [1.165, 1.54) is 0 Å². The van der Waals surface area contributed by atoms with Crippen molar-refractivity contribution in [1.29, 1.82) is 0 Å². The Morgan fingerprint density at radius 3 is 2.32 bits per heavy atom. The third-order valence-corrected chi connectivity index (χ3v) is 5.83. The molecule has 0 amide bonds. The molecule has 8 nitrogen and oxygen atoms in total. The quantitative estimate of drug-likeness (QED) is 0.526. The highest BCUT2D eigenvalue weighted by molar-refractivity contribution is 5.73. The van der Waals surface area contributed by atoms with Crippen molar-refractivity contribution in [3.63, 3.8) is 0 Å². The van der Waals surface area contributed by atoms with E-state index in [9.17, 15) is 15.3 Å². The molecule has 1 aliphatic heterocycles. The number of aromatic hydroxyl groups is 1. The first kappa shape index (κ1) is 18.9. The molecule has 1 saturated heterocycles. The number of phenolic OH excluding ortho intramolecular Hbond substituents is 1. The number of hydrogen-bond donors (Lipinski definition) is 5. The summed E-state index contributed by atoms with van der Waals surface area (Å²) < 4.78 is 0. The molecule has 1 aliphatic carbocycles. The molecule has 0 spiro atoms. The number of phenols is 1. The summed E-state index contributed by atoms with van der Waals surface area (Å²) in [5.41, 5.74) is 14.8. The molecule has 2 aromatic rings. The number of nitrogens with zero attached hydrogens (tertiary/aromatic N) is 3. The number of aliphatic hydroxyl groups is 2. The molecule has 28 heavy (non-hydrogen) atoms. The van der Waals surface area contributed by atoms with Crippen LogP contribution in [0.1, 0.15) is 37.3 Å². The van der Waals surface area contributed by atoms with Crippen LogP contribution >= 0.6 is 0 Å². The number of aliphatic hydroxyl groups excluding tert-OH is 2. The van der Waals surface area contributed by atoms with E-state index in [0.717, 1.165) is 37.1 Å². The van der Waals surface area contributed by atoms with Crippen molar-refractivity contribution in [3.05, 3.63) is 30.0 Å². The van der Waals surface area contributed by atoms with Crippen LogP contribution in [0.15, 0.2) is 24.3 Å². The predicted molar refractivity (Wildman–Crippen MR) is 107 cm³/mol. The average molecular weight is 385 g/mol. The van der Waals surface area contributed by atoms with Gasteiger partial charge >= 0.3 is 0 Å². The molecule has 4 rings (SSSR count). The van der Waals surface area contributed by atoms with Crippen molar-refractivity contribution in [3.8, 4) is 17.0 Å². The van der Waals surface area contributed by atoms with Gasteiger partial charge in [0.15, 0.2) is 0 Å². The minimum absolute atomic E-state index is 0.0961. The van der Waals surface area contributed by atoms with Crippen LogP contribution in [0.4, 0.5) is 11.6 Å². The first-order valence-corrected chi connectivity index (χ1v) is 9.75. The van der Waals surface area contributed by atoms with Crippen LogP contribution in [0.25, 0.3) is 11.3 Å². The van der Waals surface area contributed by atoms with E-state index in [-0.39, 0.29) is 23.7 Å². The highest BCUT2D eigenvalue weighted by atomic mass is 16.3. The Morgan fingerprint density at radius 2 is 1.64 bits per heavy atom. The molecule has 2 aliphatic rings. The Morgan fingerprint density at radius 1 is 0.964 bits per heavy atom. The van der Waals surface area contributed by atoms with Gasteiger partial charge < -0.3 is 31.7 Å². The van der Waals surface area contributed by atoms with Crippen molar-refractivity contribution in [2.75, 3.05) is 23.7 Å². The van der Waals surface area contributed by atoms with Crippen molar-refractivity contribution in [1.82, 2.24) is 9.97 Å². The molecule has 1 saturated carbocycles. The minimum Gasteiger partial charge on any atom is -0.507 e. The van der Waals surface area contributed by atoms with Crippen molar-refractivity contribution < 1.29 is 15.3 Å². The van der Waals surface area contributed by atoms with Gasteiger partial charge in [-0.1, -0.05) is 0 Å². The zero-order valence-electron chi connectivity index (χ0n) is 15.7. The SMILES string of the molecule is Nc1nc(-c2cc(N3C[C@@H](O)[C@@H](O)C3)ccc2O)cc(C2CCC(N)CC2)n1. The van der Waals surface area contributed by atoms with E-state index in [2.05, 4.69) is 9.97 Å². The Labute approximate surface area is 163 Å². The number of hydrogen-bond acceptors (Lipinski definition) is 8. The second-order valence-electron chi connectivity index (χ2n) is 7.89. The molecule has 0 unspecified atom stereocenters. The summed E-state index contributed by atoms with van der Waals surface area (Å²) in [7, 11) is 0. The highest BCUT2D eigenvalue weighted by Gasteiger charge is 2.30. The molecular weight excluding hydrogens is 358 g/mol. The lowest BCUT2D eigenvalue weighted by Gasteiger charge is -2.26. The van der Waals surface area contributed by atoms with Gasteiger partial charge in [-0.15, -0.1) is 0 Å². The fraction of sp³-hybridized carbons (Fsp3) is 0.500. The Balaban J connectivity index is 1.66. The molecular formula is C20H27N5O3. The maximum atomic E-state index is 10.4. The van der Waals surface area contributed by atoms with Crippen molar-refractivity contribution in [2.24, 2.45) is 5.73 Å². The fourth-order valence-electron chi connectivity index (χ4n) is 4.15. The molecule has 8 heteroatoms. The van der Waals surface area contributed by atoms with Gasteiger partial charge in [0.2, 0.25) is 5.95 Å². The number of β-amino-alcohol motifs (C(OH)–C–C–N with tert-alkyl or cyclic N) is 2. The lowest BCUT2D eigenvalue weighted by molar-refractivity contribution is 0.0572. The zero-order chi connectivity index (χ0) is 19.8. The van der Waals surface area contributed by atoms with E-state index in [1.807, 2.05) is 17.0 Å². The molecule has 2 atom stereocenters. The van der Waals surface area contributed by atoms with Crippen LogP contribution in [0.3, 0.4) is 0 Å². The maximum absolute atomic E-state index is 10.4. The first-order valence-electron chi connectivity index (χ1n) is 9.75. The van der Waals surface area contributed by atoms with Crippen LogP contribution in [0.5, 0.6) is 5.75 Å². The Kier molecular flexibility index (Phi) is 5.09. The Hall–Kier alpha value is -2.42. The molecule has 2 heterocycles. The number of benzene rings is 1. The fourth-order valence-corrected chi connectivity index (χ4v) is 4.15. The van der Waals surface area contributed by atoms with E-state index >= 15 is 0 Å². The third kappa shape index (κ3) is 3.76. The Bertz CT molecular complexity index is 844. The van der Waals surface area contributed by atoms with Gasteiger partial charge in [0.05, 0.1) is 17.9 Å². The predicted octanol–water partition coefficient (Wildman–Crippen LogP) is 0.958. The van der Waals surface area contributed by atoms with Crippen LogP contribution < -0.4 is 16.4 Å². The van der Waals surface area contributed by atoms with Crippen molar-refractivity contribution in [2.45, 2.75) is 49.9 Å². The second kappa shape index (κ2) is 7.54. The summed E-state index contributed by atoms with van der Waals surface area (Å²) in [5, 5.41) is 30.1. The standard InChI is InChI=1S/C20H27N5O3/c21-12-3-1-11(2-4-12)15-8-16(24-20(22)23-15)14-7-13(5-6-17(14)26)25-9-18(27)19(28)10-25/h5-8,11-12,18-19,26-28H,1-4,9-10,21H2,(H2,22,23,24)/t11?,12?,18-,19+. The number of nitrogen functional groups attached to an aromatic ring is 1. The van der Waals surface area contributed by atoms with Gasteiger partial charge in [-0.2, -0.15) is 0 Å². The van der Waals surface area contributed by atoms with Gasteiger partial charge in [0.1, 0.15) is 5.75 Å². The lowest BCUT2D eigenvalue weighted by Crippen LogP contribution is -2.26. The number of nitrogens with two attached hydrogens (primary N) is 2. The van der Waals surface area contributed by atoms with E-state index in [4.69, 9.17) is 11.5 Å². The number of anilines is 2. The van der Waals surface area contributed by atoms with Gasteiger partial charge in [0, 0.05) is 42.0 Å². The summed E-state index contributed by atoms with van der Waals surface area (Å²) in [6.07, 6.45) is 2.29. The zero-order valence-corrected chi connectivity index (χ0v) is 15.7. The van der Waals surface area contributed by atoms with Crippen LogP contribution in [-0.2, 0) is 0 Å². The second-order valence-corrected chi connectivity index (χ2v) is 7.89. The molecule has 7 N–H and O–H groups in total. The molecule has 1 aromatic carbocycles. The summed E-state index contributed by atoms with van der Waals surface area (Å²) in [4.78, 5) is 10.6.